The smallest absolute Gasteiger partial charge is 0.222 e. The molecule has 1 aliphatic heterocycles. The summed E-state index contributed by atoms with van der Waals surface area (Å²) >= 11 is 0. The van der Waals surface area contributed by atoms with Crippen molar-refractivity contribution >= 4 is 22.7 Å². The Kier molecular flexibility index (Phi) is 3.92. The third-order valence-corrected chi connectivity index (χ3v) is 4.14. The van der Waals surface area contributed by atoms with Crippen LogP contribution in [0.25, 0.3) is 10.9 Å². The second-order valence-corrected chi connectivity index (χ2v) is 6.12. The Hall–Kier alpha value is -1.88. The summed E-state index contributed by atoms with van der Waals surface area (Å²) in [5, 5.41) is 1.10. The van der Waals surface area contributed by atoms with E-state index in [2.05, 4.69) is 39.9 Å². The number of nitrogens with two attached hydrogens (primary N) is 1. The SMILES string of the molecule is CN(C)CC1CCN(c2nc(N)nc3ccccc23)CC1. The molecule has 5 heteroatoms. The number of rotatable bonds is 3. The van der Waals surface area contributed by atoms with Gasteiger partial charge in [-0.05, 0) is 45.0 Å². The molecule has 1 aromatic heterocycles. The number of nitrogens with zero attached hydrogens (tertiary/aromatic N) is 4. The highest BCUT2D eigenvalue weighted by atomic mass is 15.2. The summed E-state index contributed by atoms with van der Waals surface area (Å²) in [6.45, 7) is 3.25. The summed E-state index contributed by atoms with van der Waals surface area (Å²) in [4.78, 5) is 13.4. The van der Waals surface area contributed by atoms with Crippen LogP contribution in [0, 0.1) is 5.92 Å². The Morgan fingerprint density at radius 3 is 2.62 bits per heavy atom. The molecule has 0 atom stereocenters. The standard InChI is InChI=1S/C16H23N5/c1-20(2)11-12-7-9-21(10-8-12)15-13-5-3-4-6-14(13)18-16(17)19-15/h3-6,12H,7-11H2,1-2H3,(H2,17,18,19). The molecule has 0 bridgehead atoms. The van der Waals surface area contributed by atoms with Crippen molar-refractivity contribution in [2.75, 3.05) is 44.4 Å². The first-order valence-corrected chi connectivity index (χ1v) is 7.55. The molecule has 1 saturated heterocycles. The highest BCUT2D eigenvalue weighted by Gasteiger charge is 2.22. The van der Waals surface area contributed by atoms with Gasteiger partial charge in [-0.15, -0.1) is 0 Å². The molecule has 112 valence electrons. The maximum atomic E-state index is 5.87. The van der Waals surface area contributed by atoms with Crippen molar-refractivity contribution in [3.8, 4) is 0 Å². The predicted octanol–water partition coefficient (Wildman–Crippen LogP) is 1.99. The van der Waals surface area contributed by atoms with Crippen LogP contribution in [0.5, 0.6) is 0 Å². The van der Waals surface area contributed by atoms with E-state index in [-0.39, 0.29) is 0 Å². The van der Waals surface area contributed by atoms with Crippen LogP contribution in [0.3, 0.4) is 0 Å². The third kappa shape index (κ3) is 3.08. The summed E-state index contributed by atoms with van der Waals surface area (Å²) in [5.41, 5.74) is 6.80. The van der Waals surface area contributed by atoms with E-state index in [1.165, 1.54) is 19.4 Å². The molecule has 1 aromatic carbocycles. The van der Waals surface area contributed by atoms with Crippen LogP contribution >= 0.6 is 0 Å². The number of nitrogen functional groups attached to an aromatic ring is 1. The zero-order chi connectivity index (χ0) is 14.8. The van der Waals surface area contributed by atoms with E-state index in [1.807, 2.05) is 18.2 Å². The van der Waals surface area contributed by atoms with Gasteiger partial charge in [0.1, 0.15) is 5.82 Å². The molecular weight excluding hydrogens is 262 g/mol. The normalized spacial score (nSPS) is 16.8. The molecule has 2 aromatic rings. The summed E-state index contributed by atoms with van der Waals surface area (Å²) in [6.07, 6.45) is 2.41. The van der Waals surface area contributed by atoms with E-state index in [0.29, 0.717) is 5.95 Å². The Bertz CT molecular complexity index is 617. The van der Waals surface area contributed by atoms with Crippen LogP contribution in [0.4, 0.5) is 11.8 Å². The topological polar surface area (TPSA) is 58.3 Å². The lowest BCUT2D eigenvalue weighted by atomic mass is 9.96. The minimum absolute atomic E-state index is 0.360. The number of piperidine rings is 1. The van der Waals surface area contributed by atoms with E-state index < -0.39 is 0 Å². The zero-order valence-corrected chi connectivity index (χ0v) is 12.8. The van der Waals surface area contributed by atoms with Gasteiger partial charge < -0.3 is 15.5 Å². The van der Waals surface area contributed by atoms with Crippen molar-refractivity contribution < 1.29 is 0 Å². The minimum atomic E-state index is 0.360. The van der Waals surface area contributed by atoms with Crippen LogP contribution in [0.15, 0.2) is 24.3 Å². The van der Waals surface area contributed by atoms with Crippen LogP contribution in [0.2, 0.25) is 0 Å². The van der Waals surface area contributed by atoms with Crippen LogP contribution in [-0.2, 0) is 0 Å². The molecule has 0 radical (unpaired) electrons. The van der Waals surface area contributed by atoms with E-state index in [1.54, 1.807) is 0 Å². The van der Waals surface area contributed by atoms with Gasteiger partial charge in [-0.3, -0.25) is 0 Å². The Morgan fingerprint density at radius 2 is 1.90 bits per heavy atom. The fourth-order valence-electron chi connectivity index (χ4n) is 3.16. The predicted molar refractivity (Wildman–Crippen MR) is 87.4 cm³/mol. The van der Waals surface area contributed by atoms with Crippen molar-refractivity contribution in [1.82, 2.24) is 14.9 Å². The van der Waals surface area contributed by atoms with E-state index in [4.69, 9.17) is 5.73 Å². The lowest BCUT2D eigenvalue weighted by Crippen LogP contribution is -2.37. The molecule has 0 unspecified atom stereocenters. The van der Waals surface area contributed by atoms with Crippen molar-refractivity contribution in [3.63, 3.8) is 0 Å². The lowest BCUT2D eigenvalue weighted by molar-refractivity contribution is 0.285. The molecule has 0 saturated carbocycles. The van der Waals surface area contributed by atoms with Gasteiger partial charge >= 0.3 is 0 Å². The molecule has 0 aliphatic carbocycles. The molecular formula is C16H23N5. The average molecular weight is 285 g/mol. The maximum Gasteiger partial charge on any atom is 0.222 e. The van der Waals surface area contributed by atoms with E-state index >= 15 is 0 Å². The number of hydrogen-bond acceptors (Lipinski definition) is 5. The number of fused-ring (bicyclic) bond motifs is 1. The summed E-state index contributed by atoms with van der Waals surface area (Å²) in [7, 11) is 4.29. The van der Waals surface area contributed by atoms with Gasteiger partial charge in [0.2, 0.25) is 5.95 Å². The number of hydrogen-bond donors (Lipinski definition) is 1. The quantitative estimate of drug-likeness (QED) is 0.934. The second kappa shape index (κ2) is 5.85. The number of anilines is 2. The van der Waals surface area contributed by atoms with Crippen molar-refractivity contribution in [3.05, 3.63) is 24.3 Å². The van der Waals surface area contributed by atoms with Gasteiger partial charge in [-0.25, -0.2) is 4.98 Å². The van der Waals surface area contributed by atoms with Crippen LogP contribution < -0.4 is 10.6 Å². The first-order chi connectivity index (χ1) is 10.1. The lowest BCUT2D eigenvalue weighted by Gasteiger charge is -2.34. The Balaban J connectivity index is 1.82. The average Bonchev–Trinajstić information content (AvgIpc) is 2.46. The van der Waals surface area contributed by atoms with E-state index in [9.17, 15) is 0 Å². The van der Waals surface area contributed by atoms with Crippen molar-refractivity contribution in [2.45, 2.75) is 12.8 Å². The van der Waals surface area contributed by atoms with Crippen molar-refractivity contribution in [2.24, 2.45) is 5.92 Å². The molecule has 0 spiro atoms. The summed E-state index contributed by atoms with van der Waals surface area (Å²) in [5.74, 6) is 2.13. The van der Waals surface area contributed by atoms with Gasteiger partial charge in [-0.2, -0.15) is 4.98 Å². The molecule has 3 rings (SSSR count). The van der Waals surface area contributed by atoms with Gasteiger partial charge in [-0.1, -0.05) is 12.1 Å². The van der Waals surface area contributed by atoms with Gasteiger partial charge in [0.15, 0.2) is 0 Å². The minimum Gasteiger partial charge on any atom is -0.368 e. The number of benzene rings is 1. The molecule has 1 fully saturated rings. The first kappa shape index (κ1) is 14.1. The molecule has 1 aliphatic rings. The largest absolute Gasteiger partial charge is 0.368 e. The van der Waals surface area contributed by atoms with Gasteiger partial charge in [0, 0.05) is 25.0 Å². The molecule has 5 nitrogen and oxygen atoms in total. The molecule has 2 heterocycles. The molecule has 0 amide bonds. The molecule has 21 heavy (non-hydrogen) atoms. The summed E-state index contributed by atoms with van der Waals surface area (Å²) < 4.78 is 0. The fraction of sp³-hybridized carbons (Fsp3) is 0.500. The monoisotopic (exact) mass is 285 g/mol. The van der Waals surface area contributed by atoms with Crippen LogP contribution in [-0.4, -0.2) is 48.6 Å². The Morgan fingerprint density at radius 1 is 1.19 bits per heavy atom. The van der Waals surface area contributed by atoms with Gasteiger partial charge in [0.05, 0.1) is 5.52 Å². The second-order valence-electron chi connectivity index (χ2n) is 6.12. The summed E-state index contributed by atoms with van der Waals surface area (Å²) in [6, 6.07) is 8.09. The Labute approximate surface area is 125 Å². The highest BCUT2D eigenvalue weighted by molar-refractivity contribution is 5.90. The van der Waals surface area contributed by atoms with Crippen molar-refractivity contribution in [1.29, 1.82) is 0 Å². The molecule has 2 N–H and O–H groups in total. The fourth-order valence-corrected chi connectivity index (χ4v) is 3.16. The van der Waals surface area contributed by atoms with E-state index in [0.717, 1.165) is 35.7 Å². The maximum absolute atomic E-state index is 5.87. The third-order valence-electron chi connectivity index (χ3n) is 4.14. The highest BCUT2D eigenvalue weighted by Crippen LogP contribution is 2.28. The zero-order valence-electron chi connectivity index (χ0n) is 12.8. The number of para-hydroxylation sites is 1. The van der Waals surface area contributed by atoms with Crippen LogP contribution in [0.1, 0.15) is 12.8 Å². The van der Waals surface area contributed by atoms with Gasteiger partial charge in [0.25, 0.3) is 0 Å². The first-order valence-electron chi connectivity index (χ1n) is 7.55. The number of aromatic nitrogens is 2.